The maximum absolute atomic E-state index is 12.2. The van der Waals surface area contributed by atoms with E-state index in [-0.39, 0.29) is 6.10 Å². The number of hydrogen-bond donors (Lipinski definition) is 0. The second kappa shape index (κ2) is 5.76. The van der Waals surface area contributed by atoms with E-state index in [0.717, 1.165) is 42.6 Å². The Balaban J connectivity index is 1.50. The summed E-state index contributed by atoms with van der Waals surface area (Å²) in [7, 11) is 0. The Morgan fingerprint density at radius 1 is 1.35 bits per heavy atom. The van der Waals surface area contributed by atoms with Crippen LogP contribution in [0.2, 0.25) is 0 Å². The number of amides is 1. The molecule has 3 rings (SSSR count). The highest BCUT2D eigenvalue weighted by atomic mass is 79.9. The zero-order chi connectivity index (χ0) is 14.1. The predicted molar refractivity (Wildman–Crippen MR) is 81.6 cm³/mol. The van der Waals surface area contributed by atoms with E-state index >= 15 is 0 Å². The second-order valence-corrected chi connectivity index (χ2v) is 6.84. The fourth-order valence-electron chi connectivity index (χ4n) is 2.83. The summed E-state index contributed by atoms with van der Waals surface area (Å²) >= 11 is 3.45. The predicted octanol–water partition coefficient (Wildman–Crippen LogP) is 3.47. The summed E-state index contributed by atoms with van der Waals surface area (Å²) in [6.45, 7) is 3.83. The Hall–Kier alpha value is -1.03. The standard InChI is InChI=1S/C16H20BrNO2/c1-11-9-15(11)16(19)18-7-5-13(6-8-18)20-14-4-2-3-12(17)10-14/h2-4,10-11,13,15H,5-9H2,1H3/t11-,15+/m1/s1. The van der Waals surface area contributed by atoms with Crippen LogP contribution in [0.4, 0.5) is 0 Å². The zero-order valence-corrected chi connectivity index (χ0v) is 13.3. The quantitative estimate of drug-likeness (QED) is 0.845. The molecule has 3 nitrogen and oxygen atoms in total. The molecular weight excluding hydrogens is 318 g/mol. The molecule has 1 aromatic carbocycles. The van der Waals surface area contributed by atoms with Gasteiger partial charge in [0.25, 0.3) is 0 Å². The van der Waals surface area contributed by atoms with Crippen LogP contribution < -0.4 is 4.74 Å². The topological polar surface area (TPSA) is 29.5 Å². The van der Waals surface area contributed by atoms with Crippen molar-refractivity contribution in [1.82, 2.24) is 4.90 Å². The lowest BCUT2D eigenvalue weighted by atomic mass is 10.1. The maximum atomic E-state index is 12.2. The smallest absolute Gasteiger partial charge is 0.225 e. The second-order valence-electron chi connectivity index (χ2n) is 5.92. The molecule has 1 saturated carbocycles. The van der Waals surface area contributed by atoms with Crippen LogP contribution >= 0.6 is 15.9 Å². The zero-order valence-electron chi connectivity index (χ0n) is 11.7. The molecule has 108 valence electrons. The van der Waals surface area contributed by atoms with Crippen LogP contribution in [0.25, 0.3) is 0 Å². The number of carbonyl (C=O) groups is 1. The molecule has 1 heterocycles. The van der Waals surface area contributed by atoms with Crippen LogP contribution in [-0.2, 0) is 4.79 Å². The van der Waals surface area contributed by atoms with Crippen molar-refractivity contribution in [3.63, 3.8) is 0 Å². The Labute approximate surface area is 128 Å². The van der Waals surface area contributed by atoms with Crippen LogP contribution in [0, 0.1) is 11.8 Å². The third-order valence-corrected chi connectivity index (χ3v) is 4.77. The summed E-state index contributed by atoms with van der Waals surface area (Å²) in [6, 6.07) is 7.94. The van der Waals surface area contributed by atoms with Crippen LogP contribution in [0.3, 0.4) is 0 Å². The van der Waals surface area contributed by atoms with Gasteiger partial charge in [0.1, 0.15) is 11.9 Å². The lowest BCUT2D eigenvalue weighted by Crippen LogP contribution is -2.42. The third-order valence-electron chi connectivity index (χ3n) is 4.28. The van der Waals surface area contributed by atoms with E-state index in [1.165, 1.54) is 0 Å². The van der Waals surface area contributed by atoms with Crippen LogP contribution in [0.15, 0.2) is 28.7 Å². The highest BCUT2D eigenvalue weighted by Gasteiger charge is 2.42. The van der Waals surface area contributed by atoms with Crippen molar-refractivity contribution in [3.8, 4) is 5.75 Å². The summed E-state index contributed by atoms with van der Waals surface area (Å²) in [5.74, 6) is 2.16. The van der Waals surface area contributed by atoms with Gasteiger partial charge in [-0.1, -0.05) is 28.9 Å². The van der Waals surface area contributed by atoms with Crippen molar-refractivity contribution in [2.75, 3.05) is 13.1 Å². The van der Waals surface area contributed by atoms with Crippen molar-refractivity contribution < 1.29 is 9.53 Å². The van der Waals surface area contributed by atoms with Crippen molar-refractivity contribution in [2.24, 2.45) is 11.8 Å². The van der Waals surface area contributed by atoms with Gasteiger partial charge in [-0.15, -0.1) is 0 Å². The molecule has 0 radical (unpaired) electrons. The molecule has 1 aliphatic heterocycles. The molecule has 0 spiro atoms. The first-order chi connectivity index (χ1) is 9.63. The molecule has 2 fully saturated rings. The van der Waals surface area contributed by atoms with Crippen LogP contribution in [-0.4, -0.2) is 30.0 Å². The average molecular weight is 338 g/mol. The number of ether oxygens (including phenoxy) is 1. The van der Waals surface area contributed by atoms with Crippen molar-refractivity contribution in [1.29, 1.82) is 0 Å². The minimum absolute atomic E-state index is 0.227. The molecular formula is C16H20BrNO2. The van der Waals surface area contributed by atoms with Gasteiger partial charge in [0.05, 0.1) is 0 Å². The van der Waals surface area contributed by atoms with Gasteiger partial charge in [0.15, 0.2) is 0 Å². The summed E-state index contributed by atoms with van der Waals surface area (Å²) in [5.41, 5.74) is 0. The fourth-order valence-corrected chi connectivity index (χ4v) is 3.21. The summed E-state index contributed by atoms with van der Waals surface area (Å²) < 4.78 is 7.03. The molecule has 1 aliphatic carbocycles. The number of rotatable bonds is 3. The SMILES string of the molecule is C[C@@H]1C[C@@H]1C(=O)N1CCC(Oc2cccc(Br)c2)CC1. The molecule has 0 bridgehead atoms. The normalized spacial score (nSPS) is 26.4. The van der Waals surface area contributed by atoms with Gasteiger partial charge >= 0.3 is 0 Å². The molecule has 1 aromatic rings. The average Bonchev–Trinajstić information content (AvgIpc) is 3.16. The Bertz CT molecular complexity index is 497. The third kappa shape index (κ3) is 3.17. The molecule has 4 heteroatoms. The number of likely N-dealkylation sites (tertiary alicyclic amines) is 1. The van der Waals surface area contributed by atoms with Gasteiger partial charge in [-0.25, -0.2) is 0 Å². The molecule has 0 N–H and O–H groups in total. The lowest BCUT2D eigenvalue weighted by Gasteiger charge is -2.32. The monoisotopic (exact) mass is 337 g/mol. The minimum Gasteiger partial charge on any atom is -0.490 e. The first-order valence-electron chi connectivity index (χ1n) is 7.34. The van der Waals surface area contributed by atoms with Gasteiger partial charge in [0, 0.05) is 36.3 Å². The van der Waals surface area contributed by atoms with Crippen molar-refractivity contribution in [3.05, 3.63) is 28.7 Å². The molecule has 0 unspecified atom stereocenters. The van der Waals surface area contributed by atoms with Gasteiger partial charge in [0.2, 0.25) is 5.91 Å². The summed E-state index contributed by atoms with van der Waals surface area (Å²) in [5, 5.41) is 0. The molecule has 2 aliphatic rings. The van der Waals surface area contributed by atoms with E-state index in [0.29, 0.717) is 17.7 Å². The van der Waals surface area contributed by atoms with Gasteiger partial charge in [-0.05, 0) is 30.5 Å². The Morgan fingerprint density at radius 2 is 2.05 bits per heavy atom. The molecule has 0 aromatic heterocycles. The molecule has 20 heavy (non-hydrogen) atoms. The first-order valence-corrected chi connectivity index (χ1v) is 8.14. The fraction of sp³-hybridized carbons (Fsp3) is 0.562. The maximum Gasteiger partial charge on any atom is 0.225 e. The number of nitrogens with zero attached hydrogens (tertiary/aromatic N) is 1. The van der Waals surface area contributed by atoms with E-state index in [4.69, 9.17) is 4.74 Å². The lowest BCUT2D eigenvalue weighted by molar-refractivity contribution is -0.134. The first kappa shape index (κ1) is 13.9. The van der Waals surface area contributed by atoms with E-state index < -0.39 is 0 Å². The van der Waals surface area contributed by atoms with E-state index in [2.05, 4.69) is 22.9 Å². The van der Waals surface area contributed by atoms with E-state index in [1.807, 2.05) is 29.2 Å². The highest BCUT2D eigenvalue weighted by molar-refractivity contribution is 9.10. The number of piperidine rings is 1. The van der Waals surface area contributed by atoms with Gasteiger partial charge < -0.3 is 9.64 Å². The van der Waals surface area contributed by atoms with Crippen LogP contribution in [0.5, 0.6) is 5.75 Å². The Morgan fingerprint density at radius 3 is 2.65 bits per heavy atom. The number of benzene rings is 1. The number of carbonyl (C=O) groups excluding carboxylic acids is 1. The van der Waals surface area contributed by atoms with Crippen molar-refractivity contribution >= 4 is 21.8 Å². The summed E-state index contributed by atoms with van der Waals surface area (Å²) in [6.07, 6.45) is 3.16. The van der Waals surface area contributed by atoms with Gasteiger partial charge in [-0.3, -0.25) is 4.79 Å². The molecule has 2 atom stereocenters. The summed E-state index contributed by atoms with van der Waals surface area (Å²) in [4.78, 5) is 14.2. The Kier molecular flexibility index (Phi) is 4.01. The minimum atomic E-state index is 0.227. The van der Waals surface area contributed by atoms with Crippen LogP contribution in [0.1, 0.15) is 26.2 Å². The molecule has 1 saturated heterocycles. The van der Waals surface area contributed by atoms with Crippen molar-refractivity contribution in [2.45, 2.75) is 32.3 Å². The number of hydrogen-bond acceptors (Lipinski definition) is 2. The van der Waals surface area contributed by atoms with E-state index in [1.54, 1.807) is 0 Å². The highest BCUT2D eigenvalue weighted by Crippen LogP contribution is 2.39. The number of halogens is 1. The largest absolute Gasteiger partial charge is 0.490 e. The molecule has 1 amide bonds. The van der Waals surface area contributed by atoms with Gasteiger partial charge in [-0.2, -0.15) is 0 Å². The van der Waals surface area contributed by atoms with E-state index in [9.17, 15) is 4.79 Å².